The molecule has 3 aromatic carbocycles. The molecule has 0 radical (unpaired) electrons. The predicted octanol–water partition coefficient (Wildman–Crippen LogP) is 7.74. The number of piperidine rings is 1. The van der Waals surface area contributed by atoms with E-state index in [-0.39, 0.29) is 41.3 Å². The number of anilines is 1. The van der Waals surface area contributed by atoms with Gasteiger partial charge in [0.15, 0.2) is 0 Å². The molecule has 242 valence electrons. The van der Waals surface area contributed by atoms with E-state index in [9.17, 15) is 14.0 Å². The second-order valence-electron chi connectivity index (χ2n) is 13.1. The maximum Gasteiger partial charge on any atom is 0.335 e. The average molecular weight is 647 g/mol. The number of halogens is 2. The Kier molecular flexibility index (Phi) is 9.84. The molecule has 0 unspecified atom stereocenters. The molecule has 1 aliphatic carbocycles. The fourth-order valence-corrected chi connectivity index (χ4v) is 6.01. The molecule has 1 saturated heterocycles. The van der Waals surface area contributed by atoms with Gasteiger partial charge < -0.3 is 15.2 Å². The molecule has 2 N–H and O–H groups in total. The minimum absolute atomic E-state index is 0. The Morgan fingerprint density at radius 2 is 1.65 bits per heavy atom. The van der Waals surface area contributed by atoms with Crippen LogP contribution in [0.4, 0.5) is 10.1 Å². The van der Waals surface area contributed by atoms with Crippen LogP contribution in [0, 0.1) is 5.82 Å². The molecule has 2 fully saturated rings. The molecule has 10 heteroatoms. The number of carboxylic acid groups (broad SMARTS) is 1. The molecule has 1 amide bonds. The van der Waals surface area contributed by atoms with Gasteiger partial charge in [-0.15, -0.1) is 12.4 Å². The Morgan fingerprint density at radius 3 is 2.26 bits per heavy atom. The molecule has 0 atom stereocenters. The smallest absolute Gasteiger partial charge is 0.335 e. The molecule has 6 rings (SSSR count). The van der Waals surface area contributed by atoms with Gasteiger partial charge in [0.1, 0.15) is 17.7 Å². The van der Waals surface area contributed by atoms with Crippen LogP contribution in [0.5, 0.6) is 5.75 Å². The van der Waals surface area contributed by atoms with Gasteiger partial charge in [0.25, 0.3) is 5.91 Å². The topological polar surface area (TPSA) is 96.7 Å². The van der Waals surface area contributed by atoms with Crippen molar-refractivity contribution >= 4 is 30.0 Å². The summed E-state index contributed by atoms with van der Waals surface area (Å²) in [5.74, 6) is -0.290. The predicted molar refractivity (Wildman–Crippen MR) is 179 cm³/mol. The summed E-state index contributed by atoms with van der Waals surface area (Å²) < 4.78 is 21.7. The Bertz CT molecular complexity index is 1690. The third kappa shape index (κ3) is 7.59. The fourth-order valence-electron chi connectivity index (χ4n) is 6.01. The van der Waals surface area contributed by atoms with Crippen LogP contribution in [0.25, 0.3) is 11.3 Å². The van der Waals surface area contributed by atoms with Crippen LogP contribution in [-0.2, 0) is 12.1 Å². The van der Waals surface area contributed by atoms with Crippen LogP contribution in [0.15, 0.2) is 72.9 Å². The summed E-state index contributed by atoms with van der Waals surface area (Å²) in [4.78, 5) is 27.3. The highest BCUT2D eigenvalue weighted by Gasteiger charge is 2.29. The van der Waals surface area contributed by atoms with Gasteiger partial charge in [-0.25, -0.2) is 9.18 Å². The first-order valence-corrected chi connectivity index (χ1v) is 15.6. The van der Waals surface area contributed by atoms with Gasteiger partial charge in [0.05, 0.1) is 28.6 Å². The highest BCUT2D eigenvalue weighted by atomic mass is 35.5. The van der Waals surface area contributed by atoms with E-state index >= 15 is 0 Å². The van der Waals surface area contributed by atoms with Crippen LogP contribution in [-0.4, -0.2) is 50.9 Å². The number of aromatic carboxylic acids is 1. The van der Waals surface area contributed by atoms with Crippen molar-refractivity contribution in [3.63, 3.8) is 0 Å². The second-order valence-corrected chi connectivity index (χ2v) is 13.1. The highest BCUT2D eigenvalue weighted by Crippen LogP contribution is 2.43. The maximum absolute atomic E-state index is 13.7. The van der Waals surface area contributed by atoms with Gasteiger partial charge in [-0.3, -0.25) is 14.4 Å². The number of likely N-dealkylation sites (tertiary alicyclic amines) is 1. The number of carbonyl (C=O) groups excluding carboxylic acids is 1. The van der Waals surface area contributed by atoms with Crippen molar-refractivity contribution in [3.8, 4) is 17.0 Å². The van der Waals surface area contributed by atoms with Crippen molar-refractivity contribution in [2.75, 3.05) is 18.4 Å². The number of ether oxygens (including phenoxy) is 1. The van der Waals surface area contributed by atoms with E-state index < -0.39 is 5.97 Å². The first kappa shape index (κ1) is 33.2. The third-order valence-electron chi connectivity index (χ3n) is 8.52. The normalized spacial score (nSPS) is 15.7. The lowest BCUT2D eigenvalue weighted by atomic mass is 10.00. The first-order chi connectivity index (χ1) is 21.5. The van der Waals surface area contributed by atoms with Gasteiger partial charge in [0.2, 0.25) is 0 Å². The molecule has 0 spiro atoms. The number of nitrogens with one attached hydrogen (secondary N) is 1. The number of hydrogen-bond acceptors (Lipinski definition) is 5. The zero-order valence-electron chi connectivity index (χ0n) is 26.3. The van der Waals surface area contributed by atoms with Gasteiger partial charge in [-0.2, -0.15) is 5.10 Å². The van der Waals surface area contributed by atoms with E-state index in [1.165, 1.54) is 36.1 Å². The molecule has 1 saturated carbocycles. The Balaban J connectivity index is 0.00000417. The number of aromatic nitrogens is 2. The number of amides is 1. The molecule has 1 aliphatic heterocycles. The Hall–Kier alpha value is -4.21. The van der Waals surface area contributed by atoms with Crippen LogP contribution < -0.4 is 10.1 Å². The molecule has 2 aliphatic rings. The monoisotopic (exact) mass is 646 g/mol. The molecule has 46 heavy (non-hydrogen) atoms. The minimum Gasteiger partial charge on any atom is -0.490 e. The summed E-state index contributed by atoms with van der Waals surface area (Å²) in [5, 5.41) is 16.8. The van der Waals surface area contributed by atoms with Gasteiger partial charge in [0, 0.05) is 30.9 Å². The molecule has 2 heterocycles. The van der Waals surface area contributed by atoms with Gasteiger partial charge in [-0.05, 0) is 124 Å². The van der Waals surface area contributed by atoms with Crippen molar-refractivity contribution in [1.82, 2.24) is 14.7 Å². The van der Waals surface area contributed by atoms with E-state index in [1.54, 1.807) is 42.6 Å². The Morgan fingerprint density at radius 1 is 0.978 bits per heavy atom. The van der Waals surface area contributed by atoms with Crippen molar-refractivity contribution in [3.05, 3.63) is 101 Å². The SMILES string of the molecule is CC(C)(C)n1ncc(C(=O)Nc2ccc(C3CC3)c(CN3CCC(Oc4ccc(C(=O)O)cc4)CC3)c2)c1-c1ccc(F)cc1.Cl. The van der Waals surface area contributed by atoms with E-state index in [2.05, 4.69) is 27.4 Å². The number of rotatable bonds is 9. The Labute approximate surface area is 275 Å². The molecule has 1 aromatic heterocycles. The van der Waals surface area contributed by atoms with Gasteiger partial charge in [-0.1, -0.05) is 6.07 Å². The number of carbonyl (C=O) groups is 2. The minimum atomic E-state index is -0.949. The zero-order valence-corrected chi connectivity index (χ0v) is 27.1. The molecule has 0 bridgehead atoms. The lowest BCUT2D eigenvalue weighted by Crippen LogP contribution is -2.38. The van der Waals surface area contributed by atoms with E-state index in [0.717, 1.165) is 43.7 Å². The molecular weight excluding hydrogens is 607 g/mol. The fraction of sp³-hybridized carbons (Fsp3) is 0.361. The van der Waals surface area contributed by atoms with Crippen LogP contribution in [0.3, 0.4) is 0 Å². The number of hydrogen-bond donors (Lipinski definition) is 2. The third-order valence-corrected chi connectivity index (χ3v) is 8.52. The average Bonchev–Trinajstić information content (AvgIpc) is 3.74. The standard InChI is InChI=1S/C36H39FN4O4.ClH/c1-36(2,3)41-33(24-6-10-27(37)11-7-24)32(21-38-41)34(42)39-28-12-15-31(23-4-5-23)26(20-28)22-40-18-16-30(17-19-40)45-29-13-8-25(9-14-29)35(43)44;/h6-15,20-21,23,30H,4-5,16-19,22H2,1-3H3,(H,39,42)(H,43,44);1H. The quantitative estimate of drug-likeness (QED) is 0.193. The lowest BCUT2D eigenvalue weighted by molar-refractivity contribution is 0.0696. The molecule has 8 nitrogen and oxygen atoms in total. The summed E-state index contributed by atoms with van der Waals surface area (Å²) in [6.45, 7) is 8.61. The molecule has 4 aromatic rings. The largest absolute Gasteiger partial charge is 0.490 e. The van der Waals surface area contributed by atoms with E-state index in [1.807, 2.05) is 31.5 Å². The number of benzene rings is 3. The summed E-state index contributed by atoms with van der Waals surface area (Å²) in [5.41, 5.74) is 4.97. The second kappa shape index (κ2) is 13.6. The van der Waals surface area contributed by atoms with Crippen molar-refractivity contribution in [1.29, 1.82) is 0 Å². The van der Waals surface area contributed by atoms with Crippen LogP contribution in [0.1, 0.15) is 84.2 Å². The number of nitrogens with zero attached hydrogens (tertiary/aromatic N) is 3. The number of carboxylic acids is 1. The summed E-state index contributed by atoms with van der Waals surface area (Å²) in [6, 6.07) is 19.0. The van der Waals surface area contributed by atoms with Crippen molar-refractivity contribution in [2.45, 2.75) is 70.6 Å². The highest BCUT2D eigenvalue weighted by molar-refractivity contribution is 6.08. The van der Waals surface area contributed by atoms with Gasteiger partial charge >= 0.3 is 5.97 Å². The van der Waals surface area contributed by atoms with E-state index in [4.69, 9.17) is 9.84 Å². The summed E-state index contributed by atoms with van der Waals surface area (Å²) in [7, 11) is 0. The summed E-state index contributed by atoms with van der Waals surface area (Å²) >= 11 is 0. The lowest BCUT2D eigenvalue weighted by Gasteiger charge is -2.32. The van der Waals surface area contributed by atoms with Crippen LogP contribution >= 0.6 is 12.4 Å². The van der Waals surface area contributed by atoms with Crippen molar-refractivity contribution < 1.29 is 23.8 Å². The first-order valence-electron chi connectivity index (χ1n) is 15.6. The van der Waals surface area contributed by atoms with E-state index in [0.29, 0.717) is 22.9 Å². The zero-order chi connectivity index (χ0) is 31.7. The maximum atomic E-state index is 13.7. The summed E-state index contributed by atoms with van der Waals surface area (Å²) in [6.07, 6.45) is 5.78. The van der Waals surface area contributed by atoms with Crippen molar-refractivity contribution in [2.24, 2.45) is 0 Å². The van der Waals surface area contributed by atoms with Crippen LogP contribution in [0.2, 0.25) is 0 Å². The molecular formula is C36H40ClFN4O4.